The summed E-state index contributed by atoms with van der Waals surface area (Å²) < 4.78 is 5.66. The van der Waals surface area contributed by atoms with Crippen LogP contribution in [0, 0.1) is 29.7 Å². The maximum absolute atomic E-state index is 9.39. The lowest BCUT2D eigenvalue weighted by atomic mass is 9.94. The standard InChI is InChI=1S/C20H16N8O/c1-10-2-7-14(29-10)11-3-5-12(6-4-11)17-15-16(23)13(8-21)18(24)27-19(15)28-20(26-17)25-9-22/h2-7,17H,1H3,(H6,23,24,25,26,27,28). The van der Waals surface area contributed by atoms with Gasteiger partial charge in [-0.05, 0) is 24.6 Å². The number of rotatable bonds is 2. The van der Waals surface area contributed by atoms with Crippen LogP contribution in [0.3, 0.4) is 0 Å². The number of guanidine groups is 1. The predicted molar refractivity (Wildman–Crippen MR) is 108 cm³/mol. The van der Waals surface area contributed by atoms with E-state index in [1.54, 1.807) is 0 Å². The lowest BCUT2D eigenvalue weighted by molar-refractivity contribution is 0.548. The van der Waals surface area contributed by atoms with Gasteiger partial charge in [-0.2, -0.15) is 10.5 Å². The van der Waals surface area contributed by atoms with Crippen molar-refractivity contribution in [2.45, 2.75) is 13.0 Å². The molecule has 9 heteroatoms. The van der Waals surface area contributed by atoms with Crippen LogP contribution in [0.5, 0.6) is 0 Å². The monoisotopic (exact) mass is 384 g/mol. The Morgan fingerprint density at radius 3 is 2.52 bits per heavy atom. The van der Waals surface area contributed by atoms with E-state index in [-0.39, 0.29) is 23.0 Å². The minimum Gasteiger partial charge on any atom is -0.461 e. The van der Waals surface area contributed by atoms with Crippen LogP contribution in [0.15, 0.2) is 45.8 Å². The molecule has 4 rings (SSSR count). The van der Waals surface area contributed by atoms with Crippen LogP contribution in [0.25, 0.3) is 11.3 Å². The average molecular weight is 384 g/mol. The average Bonchev–Trinajstić information content (AvgIpc) is 3.14. The first-order valence-electron chi connectivity index (χ1n) is 8.67. The molecule has 0 amide bonds. The summed E-state index contributed by atoms with van der Waals surface area (Å²) in [5, 5.41) is 23.7. The number of nitriles is 2. The highest BCUT2D eigenvalue weighted by Gasteiger charge is 2.29. The number of nitrogens with one attached hydrogen (secondary N) is 2. The number of hydrogen-bond donors (Lipinski definition) is 4. The molecule has 0 aliphatic carbocycles. The number of aryl methyl sites for hydroxylation is 1. The normalized spacial score (nSPS) is 14.7. The molecule has 6 N–H and O–H groups in total. The molecule has 0 saturated heterocycles. The van der Waals surface area contributed by atoms with Gasteiger partial charge in [0.15, 0.2) is 6.19 Å². The van der Waals surface area contributed by atoms with Crippen LogP contribution in [-0.4, -0.2) is 10.9 Å². The summed E-state index contributed by atoms with van der Waals surface area (Å²) in [6, 6.07) is 12.8. The second-order valence-electron chi connectivity index (χ2n) is 6.43. The fourth-order valence-electron chi connectivity index (χ4n) is 3.24. The zero-order valence-corrected chi connectivity index (χ0v) is 15.4. The van der Waals surface area contributed by atoms with Crippen LogP contribution in [0.1, 0.15) is 28.5 Å². The fraction of sp³-hybridized carbons (Fsp3) is 0.100. The number of benzene rings is 1. The van der Waals surface area contributed by atoms with Gasteiger partial charge in [0.1, 0.15) is 40.8 Å². The number of fused-ring (bicyclic) bond motifs is 1. The molecule has 142 valence electrons. The molecule has 0 saturated carbocycles. The third-order valence-electron chi connectivity index (χ3n) is 4.61. The first kappa shape index (κ1) is 17.9. The summed E-state index contributed by atoms with van der Waals surface area (Å²) in [4.78, 5) is 8.77. The van der Waals surface area contributed by atoms with Crippen molar-refractivity contribution in [3.8, 4) is 23.6 Å². The summed E-state index contributed by atoms with van der Waals surface area (Å²) in [5.41, 5.74) is 14.6. The summed E-state index contributed by atoms with van der Waals surface area (Å²) in [7, 11) is 0. The minimum atomic E-state index is -0.574. The maximum atomic E-state index is 9.39. The molecular formula is C20H16N8O. The molecule has 1 aliphatic heterocycles. The van der Waals surface area contributed by atoms with Crippen molar-refractivity contribution in [1.29, 1.82) is 10.5 Å². The van der Waals surface area contributed by atoms with Gasteiger partial charge in [0, 0.05) is 11.1 Å². The van der Waals surface area contributed by atoms with E-state index in [1.807, 2.05) is 55.6 Å². The van der Waals surface area contributed by atoms with Crippen LogP contribution < -0.4 is 22.1 Å². The first-order chi connectivity index (χ1) is 14.0. The lowest BCUT2D eigenvalue weighted by Gasteiger charge is -2.26. The zero-order valence-electron chi connectivity index (χ0n) is 15.4. The number of aliphatic imine (C=N–C) groups is 1. The van der Waals surface area contributed by atoms with E-state index in [9.17, 15) is 5.26 Å². The van der Waals surface area contributed by atoms with Crippen LogP contribution in [0.2, 0.25) is 0 Å². The summed E-state index contributed by atoms with van der Waals surface area (Å²) >= 11 is 0. The molecule has 1 aliphatic rings. The Labute approximate surface area is 166 Å². The molecule has 9 nitrogen and oxygen atoms in total. The second kappa shape index (κ2) is 6.91. The number of pyridine rings is 1. The largest absolute Gasteiger partial charge is 0.461 e. The molecule has 0 radical (unpaired) electrons. The van der Waals surface area contributed by atoms with E-state index >= 15 is 0 Å². The third-order valence-corrected chi connectivity index (χ3v) is 4.61. The van der Waals surface area contributed by atoms with Gasteiger partial charge in [0.05, 0.1) is 5.69 Å². The fourth-order valence-corrected chi connectivity index (χ4v) is 3.24. The molecular weight excluding hydrogens is 368 g/mol. The molecule has 29 heavy (non-hydrogen) atoms. The van der Waals surface area contributed by atoms with Gasteiger partial charge in [0.25, 0.3) is 0 Å². The highest BCUT2D eigenvalue weighted by molar-refractivity contribution is 5.98. The van der Waals surface area contributed by atoms with Crippen LogP contribution in [-0.2, 0) is 0 Å². The van der Waals surface area contributed by atoms with Gasteiger partial charge in [0.2, 0.25) is 5.96 Å². The zero-order chi connectivity index (χ0) is 20.5. The summed E-state index contributed by atoms with van der Waals surface area (Å²) in [6.07, 6.45) is 1.83. The van der Waals surface area contributed by atoms with E-state index < -0.39 is 6.04 Å². The topological polar surface area (TPSA) is 162 Å². The number of nitrogens with two attached hydrogens (primary N) is 2. The van der Waals surface area contributed by atoms with Crippen molar-refractivity contribution in [1.82, 2.24) is 10.3 Å². The van der Waals surface area contributed by atoms with E-state index in [0.29, 0.717) is 11.4 Å². The Kier molecular flexibility index (Phi) is 4.26. The van der Waals surface area contributed by atoms with Crippen LogP contribution >= 0.6 is 0 Å². The molecule has 3 heterocycles. The summed E-state index contributed by atoms with van der Waals surface area (Å²) in [6.45, 7) is 1.89. The Morgan fingerprint density at radius 1 is 1.14 bits per heavy atom. The molecule has 1 atom stereocenters. The van der Waals surface area contributed by atoms with Gasteiger partial charge < -0.3 is 21.2 Å². The highest BCUT2D eigenvalue weighted by atomic mass is 16.3. The lowest BCUT2D eigenvalue weighted by Crippen LogP contribution is -2.32. The Hall–Kier alpha value is -4.50. The smallest absolute Gasteiger partial charge is 0.211 e. The van der Waals surface area contributed by atoms with Crippen molar-refractivity contribution in [3.05, 3.63) is 58.8 Å². The number of anilines is 3. The van der Waals surface area contributed by atoms with Gasteiger partial charge in [-0.15, -0.1) is 0 Å². The van der Waals surface area contributed by atoms with Gasteiger partial charge in [-0.25, -0.2) is 9.98 Å². The van der Waals surface area contributed by atoms with Crippen molar-refractivity contribution in [2.24, 2.45) is 4.99 Å². The van der Waals surface area contributed by atoms with Crippen LogP contribution in [0.4, 0.5) is 17.3 Å². The molecule has 0 fully saturated rings. The third kappa shape index (κ3) is 3.07. The maximum Gasteiger partial charge on any atom is 0.211 e. The van der Waals surface area contributed by atoms with E-state index in [2.05, 4.69) is 20.6 Å². The van der Waals surface area contributed by atoms with E-state index in [0.717, 1.165) is 22.6 Å². The first-order valence-corrected chi connectivity index (χ1v) is 8.67. The number of furan rings is 1. The van der Waals surface area contributed by atoms with Gasteiger partial charge >= 0.3 is 0 Å². The number of hydrogen-bond acceptors (Lipinski definition) is 9. The molecule has 3 aromatic rings. The second-order valence-corrected chi connectivity index (χ2v) is 6.43. The van der Waals surface area contributed by atoms with Crippen molar-refractivity contribution >= 4 is 23.3 Å². The molecule has 1 unspecified atom stereocenters. The number of aromatic nitrogens is 1. The quantitative estimate of drug-likeness (QED) is 0.387. The predicted octanol–water partition coefficient (Wildman–Crippen LogP) is 2.63. The van der Waals surface area contributed by atoms with Gasteiger partial charge in [-0.1, -0.05) is 24.3 Å². The number of nitrogens with zero attached hydrogens (tertiary/aromatic N) is 4. The van der Waals surface area contributed by atoms with Crippen molar-refractivity contribution < 1.29 is 4.42 Å². The highest BCUT2D eigenvalue weighted by Crippen LogP contribution is 2.40. The number of nitrogen functional groups attached to an aromatic ring is 2. The van der Waals surface area contributed by atoms with Crippen molar-refractivity contribution in [3.63, 3.8) is 0 Å². The molecule has 1 aromatic carbocycles. The SMILES string of the molecule is Cc1ccc(-c2ccc(C3N=C(NC#N)Nc4nc(N)c(C#N)c(N)c43)cc2)o1. The minimum absolute atomic E-state index is 0.0109. The Bertz CT molecular complexity index is 1210. The Balaban J connectivity index is 1.82. The van der Waals surface area contributed by atoms with E-state index in [4.69, 9.17) is 21.1 Å². The summed E-state index contributed by atoms with van der Waals surface area (Å²) in [5.74, 6) is 2.16. The van der Waals surface area contributed by atoms with Gasteiger partial charge in [-0.3, -0.25) is 5.32 Å². The van der Waals surface area contributed by atoms with E-state index in [1.165, 1.54) is 0 Å². The Morgan fingerprint density at radius 2 is 1.90 bits per heavy atom. The molecule has 0 bridgehead atoms. The molecule has 2 aromatic heterocycles. The molecule has 0 spiro atoms. The van der Waals surface area contributed by atoms with Crippen molar-refractivity contribution in [2.75, 3.05) is 16.8 Å².